The number of carboxylic acid groups (broad SMARTS) is 1. The highest BCUT2D eigenvalue weighted by molar-refractivity contribution is 5.73. The molecule has 0 fully saturated rings. The van der Waals surface area contributed by atoms with Crippen LogP contribution in [-0.2, 0) is 11.2 Å². The van der Waals surface area contributed by atoms with Gasteiger partial charge >= 0.3 is 5.97 Å². The second kappa shape index (κ2) is 7.36. The van der Waals surface area contributed by atoms with Gasteiger partial charge in [0.2, 0.25) is 0 Å². The first-order valence-corrected chi connectivity index (χ1v) is 6.79. The highest BCUT2D eigenvalue weighted by atomic mass is 16.5. The molecule has 0 saturated heterocycles. The van der Waals surface area contributed by atoms with Crippen LogP contribution in [0.1, 0.15) is 5.56 Å². The Morgan fingerprint density at radius 1 is 1.05 bits per heavy atom. The highest BCUT2D eigenvalue weighted by Gasteiger charge is 2.22. The molecule has 0 aliphatic carbocycles. The highest BCUT2D eigenvalue weighted by Crippen LogP contribution is 2.26. The zero-order valence-corrected chi connectivity index (χ0v) is 12.5. The lowest BCUT2D eigenvalue weighted by molar-refractivity contribution is -0.145. The van der Waals surface area contributed by atoms with Gasteiger partial charge in [0.05, 0.1) is 14.2 Å². The number of carbonyl (C=O) groups is 1. The molecule has 1 atom stereocenters. The van der Waals surface area contributed by atoms with E-state index >= 15 is 0 Å². The monoisotopic (exact) mass is 302 g/mol. The van der Waals surface area contributed by atoms with Crippen LogP contribution < -0.4 is 14.2 Å². The van der Waals surface area contributed by atoms with E-state index in [0.717, 1.165) is 0 Å². The summed E-state index contributed by atoms with van der Waals surface area (Å²) in [5, 5.41) is 9.39. The largest absolute Gasteiger partial charge is 0.497 e. The summed E-state index contributed by atoms with van der Waals surface area (Å²) in [7, 11) is 3.10. The SMILES string of the molecule is COc1ccc(OC)c(C[C@@H](Oc2ccccc2)C(=O)O)c1. The molecule has 22 heavy (non-hydrogen) atoms. The van der Waals surface area contributed by atoms with Crippen molar-refractivity contribution in [3.05, 3.63) is 54.1 Å². The summed E-state index contributed by atoms with van der Waals surface area (Å²) in [5.41, 5.74) is 0.713. The van der Waals surface area contributed by atoms with Gasteiger partial charge in [-0.15, -0.1) is 0 Å². The Bertz CT molecular complexity index is 624. The predicted octanol–water partition coefficient (Wildman–Crippen LogP) is 2.78. The van der Waals surface area contributed by atoms with E-state index in [9.17, 15) is 9.90 Å². The minimum atomic E-state index is -1.03. The van der Waals surface area contributed by atoms with Crippen molar-refractivity contribution in [2.45, 2.75) is 12.5 Å². The van der Waals surface area contributed by atoms with Crippen LogP contribution in [0.4, 0.5) is 0 Å². The van der Waals surface area contributed by atoms with Crippen LogP contribution in [0, 0.1) is 0 Å². The van der Waals surface area contributed by atoms with Gasteiger partial charge in [-0.2, -0.15) is 0 Å². The average molecular weight is 302 g/mol. The lowest BCUT2D eigenvalue weighted by Gasteiger charge is -2.17. The summed E-state index contributed by atoms with van der Waals surface area (Å²) in [6.07, 6.45) is -0.840. The van der Waals surface area contributed by atoms with Crippen molar-refractivity contribution in [1.82, 2.24) is 0 Å². The minimum absolute atomic E-state index is 0.171. The van der Waals surface area contributed by atoms with Gasteiger partial charge in [-0.25, -0.2) is 4.79 Å². The fraction of sp³-hybridized carbons (Fsp3) is 0.235. The summed E-state index contributed by atoms with van der Waals surface area (Å²) < 4.78 is 16.0. The van der Waals surface area contributed by atoms with E-state index < -0.39 is 12.1 Å². The predicted molar refractivity (Wildman–Crippen MR) is 81.7 cm³/mol. The zero-order valence-electron chi connectivity index (χ0n) is 12.5. The number of para-hydroxylation sites is 1. The number of methoxy groups -OCH3 is 2. The van der Waals surface area contributed by atoms with E-state index in [0.29, 0.717) is 22.8 Å². The zero-order chi connectivity index (χ0) is 15.9. The van der Waals surface area contributed by atoms with Gasteiger partial charge in [-0.3, -0.25) is 0 Å². The quantitative estimate of drug-likeness (QED) is 0.852. The number of hydrogen-bond acceptors (Lipinski definition) is 4. The van der Waals surface area contributed by atoms with Gasteiger partial charge in [-0.05, 0) is 30.3 Å². The van der Waals surface area contributed by atoms with Crippen LogP contribution in [0.3, 0.4) is 0 Å². The average Bonchev–Trinajstić information content (AvgIpc) is 2.55. The molecule has 5 nitrogen and oxygen atoms in total. The molecule has 2 aromatic carbocycles. The molecule has 2 aromatic rings. The van der Waals surface area contributed by atoms with Crippen molar-refractivity contribution in [2.75, 3.05) is 14.2 Å². The van der Waals surface area contributed by atoms with Gasteiger partial charge in [0, 0.05) is 12.0 Å². The van der Waals surface area contributed by atoms with Gasteiger partial charge in [0.1, 0.15) is 17.2 Å². The van der Waals surface area contributed by atoms with Crippen molar-refractivity contribution >= 4 is 5.97 Å². The van der Waals surface area contributed by atoms with Crippen molar-refractivity contribution < 1.29 is 24.1 Å². The van der Waals surface area contributed by atoms with E-state index in [4.69, 9.17) is 14.2 Å². The second-order valence-corrected chi connectivity index (χ2v) is 4.64. The van der Waals surface area contributed by atoms with Crippen molar-refractivity contribution in [1.29, 1.82) is 0 Å². The molecule has 0 unspecified atom stereocenters. The first kappa shape index (κ1) is 15.7. The third-order valence-corrected chi connectivity index (χ3v) is 3.19. The number of ether oxygens (including phenoxy) is 3. The smallest absolute Gasteiger partial charge is 0.345 e. The maximum absolute atomic E-state index is 11.5. The molecule has 0 radical (unpaired) electrons. The molecule has 0 bridgehead atoms. The summed E-state index contributed by atoms with van der Waals surface area (Å²) >= 11 is 0. The Morgan fingerprint density at radius 2 is 1.77 bits per heavy atom. The molecule has 2 rings (SSSR count). The van der Waals surface area contributed by atoms with Crippen LogP contribution in [0.5, 0.6) is 17.2 Å². The molecule has 116 valence electrons. The number of hydrogen-bond donors (Lipinski definition) is 1. The first-order valence-electron chi connectivity index (χ1n) is 6.79. The molecule has 0 spiro atoms. The van der Waals surface area contributed by atoms with E-state index in [-0.39, 0.29) is 6.42 Å². The Hall–Kier alpha value is -2.69. The van der Waals surface area contributed by atoms with E-state index in [2.05, 4.69) is 0 Å². The fourth-order valence-corrected chi connectivity index (χ4v) is 2.08. The van der Waals surface area contributed by atoms with Crippen molar-refractivity contribution in [2.24, 2.45) is 0 Å². The molecule has 0 saturated carbocycles. The van der Waals surface area contributed by atoms with E-state index in [1.807, 2.05) is 6.07 Å². The standard InChI is InChI=1S/C17H18O5/c1-20-14-8-9-15(21-2)12(10-14)11-16(17(18)19)22-13-6-4-3-5-7-13/h3-10,16H,11H2,1-2H3,(H,18,19)/t16-/m1/s1. The summed E-state index contributed by atoms with van der Waals surface area (Å²) in [6.45, 7) is 0. The van der Waals surface area contributed by atoms with Crippen LogP contribution in [0.15, 0.2) is 48.5 Å². The molecule has 0 amide bonds. The molecule has 0 aromatic heterocycles. The minimum Gasteiger partial charge on any atom is -0.497 e. The Kier molecular flexibility index (Phi) is 5.25. The lowest BCUT2D eigenvalue weighted by Crippen LogP contribution is -2.29. The molecular formula is C17H18O5. The summed E-state index contributed by atoms with van der Waals surface area (Å²) in [4.78, 5) is 11.5. The van der Waals surface area contributed by atoms with Gasteiger partial charge in [-0.1, -0.05) is 18.2 Å². The topological polar surface area (TPSA) is 65.0 Å². The van der Waals surface area contributed by atoms with Crippen LogP contribution >= 0.6 is 0 Å². The Balaban J connectivity index is 2.22. The fourth-order valence-electron chi connectivity index (χ4n) is 2.08. The Labute approximate surface area is 129 Å². The third-order valence-electron chi connectivity index (χ3n) is 3.19. The van der Waals surface area contributed by atoms with E-state index in [1.165, 1.54) is 0 Å². The third kappa shape index (κ3) is 3.91. The van der Waals surface area contributed by atoms with Crippen LogP contribution in [0.25, 0.3) is 0 Å². The van der Waals surface area contributed by atoms with Crippen LogP contribution in [-0.4, -0.2) is 31.4 Å². The normalized spacial score (nSPS) is 11.5. The summed E-state index contributed by atoms with van der Waals surface area (Å²) in [5.74, 6) is 0.717. The van der Waals surface area contributed by atoms with Crippen LogP contribution in [0.2, 0.25) is 0 Å². The van der Waals surface area contributed by atoms with Gasteiger partial charge in [0.25, 0.3) is 0 Å². The number of rotatable bonds is 7. The van der Waals surface area contributed by atoms with Gasteiger partial charge in [0.15, 0.2) is 6.10 Å². The number of aliphatic carboxylic acids is 1. The van der Waals surface area contributed by atoms with E-state index in [1.54, 1.807) is 56.7 Å². The summed E-state index contributed by atoms with van der Waals surface area (Å²) in [6, 6.07) is 14.1. The molecular weight excluding hydrogens is 284 g/mol. The second-order valence-electron chi connectivity index (χ2n) is 4.64. The number of carboxylic acids is 1. The first-order chi connectivity index (χ1) is 10.6. The lowest BCUT2D eigenvalue weighted by atomic mass is 10.1. The van der Waals surface area contributed by atoms with Crippen molar-refractivity contribution in [3.63, 3.8) is 0 Å². The maximum atomic E-state index is 11.5. The van der Waals surface area contributed by atoms with Gasteiger partial charge < -0.3 is 19.3 Å². The molecule has 0 aliphatic heterocycles. The number of benzene rings is 2. The molecule has 0 aliphatic rings. The Morgan fingerprint density at radius 3 is 2.36 bits per heavy atom. The maximum Gasteiger partial charge on any atom is 0.345 e. The molecule has 5 heteroatoms. The molecule has 0 heterocycles. The molecule has 1 N–H and O–H groups in total. The van der Waals surface area contributed by atoms with Crippen molar-refractivity contribution in [3.8, 4) is 17.2 Å².